The molecule has 30 heavy (non-hydrogen) atoms. The maximum atomic E-state index is 12.3. The summed E-state index contributed by atoms with van der Waals surface area (Å²) in [6.45, 7) is 4.87. The molecule has 3 unspecified atom stereocenters. The number of benzene rings is 1. The van der Waals surface area contributed by atoms with Gasteiger partial charge in [-0.15, -0.1) is 0 Å². The molecule has 0 spiro atoms. The van der Waals surface area contributed by atoms with Crippen molar-refractivity contribution in [2.24, 2.45) is 0 Å². The van der Waals surface area contributed by atoms with Crippen LogP contribution in [-0.2, 0) is 14.3 Å². The van der Waals surface area contributed by atoms with Crippen LogP contribution in [0.1, 0.15) is 38.9 Å². The van der Waals surface area contributed by atoms with Gasteiger partial charge in [-0.1, -0.05) is 6.92 Å². The summed E-state index contributed by atoms with van der Waals surface area (Å²) >= 11 is 0. The Balaban J connectivity index is 1.78. The largest absolute Gasteiger partial charge is 0.504 e. The average molecular weight is 418 g/mol. The van der Waals surface area contributed by atoms with Crippen molar-refractivity contribution >= 4 is 27.9 Å². The third-order valence-electron chi connectivity index (χ3n) is 5.07. The van der Waals surface area contributed by atoms with Crippen LogP contribution in [0.25, 0.3) is 21.9 Å². The fraction of sp³-hybridized carbons (Fsp3) is 0.429. The molecule has 4 rings (SSSR count). The van der Waals surface area contributed by atoms with E-state index in [4.69, 9.17) is 23.0 Å². The van der Waals surface area contributed by atoms with Crippen LogP contribution in [-0.4, -0.2) is 34.7 Å². The van der Waals surface area contributed by atoms with Crippen molar-refractivity contribution in [3.8, 4) is 17.2 Å². The number of hydrogen-bond donors (Lipinski definition) is 2. The van der Waals surface area contributed by atoms with Crippen LogP contribution in [0.4, 0.5) is 0 Å². The Morgan fingerprint density at radius 3 is 2.70 bits per heavy atom. The zero-order valence-corrected chi connectivity index (χ0v) is 16.8. The van der Waals surface area contributed by atoms with Gasteiger partial charge >= 0.3 is 11.6 Å². The number of fused-ring (bicyclic) bond motifs is 3. The van der Waals surface area contributed by atoms with Gasteiger partial charge in [0.1, 0.15) is 22.8 Å². The van der Waals surface area contributed by atoms with Gasteiger partial charge in [-0.3, -0.25) is 4.79 Å². The Morgan fingerprint density at radius 2 is 2.00 bits per heavy atom. The predicted octanol–water partition coefficient (Wildman–Crippen LogP) is 3.48. The van der Waals surface area contributed by atoms with E-state index >= 15 is 0 Å². The molecule has 9 heteroatoms. The highest BCUT2D eigenvalue weighted by atomic mass is 16.7. The number of ether oxygens (including phenoxy) is 3. The number of furan rings is 1. The summed E-state index contributed by atoms with van der Waals surface area (Å²) in [5.41, 5.74) is -0.318. The Morgan fingerprint density at radius 1 is 1.23 bits per heavy atom. The second-order valence-corrected chi connectivity index (χ2v) is 7.35. The highest BCUT2D eigenvalue weighted by Crippen LogP contribution is 2.46. The van der Waals surface area contributed by atoms with Crippen molar-refractivity contribution in [1.82, 2.24) is 0 Å². The van der Waals surface area contributed by atoms with Crippen LogP contribution in [0, 0.1) is 6.92 Å². The Hall–Kier alpha value is -3.20. The normalized spacial score (nSPS) is 21.8. The molecule has 1 saturated heterocycles. The van der Waals surface area contributed by atoms with E-state index in [0.717, 1.165) is 0 Å². The van der Waals surface area contributed by atoms with Gasteiger partial charge in [0, 0.05) is 31.2 Å². The summed E-state index contributed by atoms with van der Waals surface area (Å²) in [4.78, 5) is 23.7. The third-order valence-corrected chi connectivity index (χ3v) is 5.07. The minimum absolute atomic E-state index is 0.0736. The smallest absolute Gasteiger partial charge is 0.347 e. The minimum atomic E-state index is -0.865. The van der Waals surface area contributed by atoms with Gasteiger partial charge < -0.3 is 33.3 Å². The molecule has 3 aromatic rings. The van der Waals surface area contributed by atoms with Crippen LogP contribution in [0.15, 0.2) is 25.8 Å². The van der Waals surface area contributed by atoms with Crippen molar-refractivity contribution in [1.29, 1.82) is 0 Å². The molecular weight excluding hydrogens is 396 g/mol. The van der Waals surface area contributed by atoms with E-state index in [0.29, 0.717) is 18.6 Å². The van der Waals surface area contributed by atoms with Gasteiger partial charge in [0.25, 0.3) is 0 Å². The molecule has 0 saturated carbocycles. The molecule has 2 N–H and O–H groups in total. The van der Waals surface area contributed by atoms with Crippen LogP contribution in [0.5, 0.6) is 17.2 Å². The molecule has 0 radical (unpaired) electrons. The zero-order valence-electron chi connectivity index (χ0n) is 16.8. The first kappa shape index (κ1) is 20.1. The maximum Gasteiger partial charge on any atom is 0.347 e. The molecule has 0 aliphatic carbocycles. The molecule has 0 amide bonds. The number of phenols is 2. The van der Waals surface area contributed by atoms with Gasteiger partial charge in [0.15, 0.2) is 11.3 Å². The number of aryl methyl sites for hydroxylation is 1. The van der Waals surface area contributed by atoms with Crippen molar-refractivity contribution in [2.75, 3.05) is 0 Å². The maximum absolute atomic E-state index is 12.3. The van der Waals surface area contributed by atoms with Gasteiger partial charge in [-0.05, 0) is 19.4 Å². The standard InChI is InChI=1S/C21H22O9/c1-4-11-6-12(27-10(3)22)7-16(28-11)30-20-18(24)14(23)8-13-17-15(29-19(13)20)5-9(2)26-21(17)25/h5,8,11-12,16,23-24H,4,6-7H2,1-3H3. The molecule has 1 aliphatic heterocycles. The first-order chi connectivity index (χ1) is 14.3. The van der Waals surface area contributed by atoms with Crippen molar-refractivity contribution in [3.63, 3.8) is 0 Å². The SMILES string of the molecule is CCC1CC(OC(C)=O)CC(Oc2c(O)c(O)cc3c2oc2cc(C)oc(=O)c23)O1. The minimum Gasteiger partial charge on any atom is -0.504 e. The second kappa shape index (κ2) is 7.56. The number of carbonyl (C=O) groups excluding carboxylic acids is 1. The summed E-state index contributed by atoms with van der Waals surface area (Å²) in [5, 5.41) is 21.0. The molecule has 0 bridgehead atoms. The lowest BCUT2D eigenvalue weighted by molar-refractivity contribution is -0.190. The predicted molar refractivity (Wildman–Crippen MR) is 105 cm³/mol. The van der Waals surface area contributed by atoms with Gasteiger partial charge in [0.05, 0.1) is 6.10 Å². The molecule has 2 aromatic heterocycles. The van der Waals surface area contributed by atoms with Crippen molar-refractivity contribution < 1.29 is 38.1 Å². The van der Waals surface area contributed by atoms with E-state index in [-0.39, 0.29) is 40.2 Å². The number of esters is 1. The van der Waals surface area contributed by atoms with Crippen LogP contribution >= 0.6 is 0 Å². The Kier molecular flexibility index (Phi) is 5.07. The fourth-order valence-corrected chi connectivity index (χ4v) is 3.76. The van der Waals surface area contributed by atoms with Crippen molar-refractivity contribution in [2.45, 2.75) is 58.5 Å². The molecule has 3 atom stereocenters. The lowest BCUT2D eigenvalue weighted by atomic mass is 10.0. The van der Waals surface area contributed by atoms with Gasteiger partial charge in [-0.25, -0.2) is 4.79 Å². The zero-order chi connectivity index (χ0) is 21.6. The summed E-state index contributed by atoms with van der Waals surface area (Å²) in [6.07, 6.45) is -0.0595. The summed E-state index contributed by atoms with van der Waals surface area (Å²) < 4.78 is 28.0. The quantitative estimate of drug-likeness (QED) is 0.483. The van der Waals surface area contributed by atoms with E-state index in [9.17, 15) is 19.8 Å². The summed E-state index contributed by atoms with van der Waals surface area (Å²) in [6, 6.07) is 2.75. The molecular formula is C21H22O9. The van der Waals surface area contributed by atoms with Crippen LogP contribution in [0.3, 0.4) is 0 Å². The highest BCUT2D eigenvalue weighted by molar-refractivity contribution is 6.07. The molecule has 160 valence electrons. The molecule has 1 aromatic carbocycles. The number of hydrogen-bond acceptors (Lipinski definition) is 9. The van der Waals surface area contributed by atoms with Gasteiger partial charge in [0.2, 0.25) is 17.8 Å². The lowest BCUT2D eigenvalue weighted by Crippen LogP contribution is -2.40. The first-order valence-corrected chi connectivity index (χ1v) is 9.68. The van der Waals surface area contributed by atoms with Crippen LogP contribution < -0.4 is 10.4 Å². The van der Waals surface area contributed by atoms with E-state index in [1.54, 1.807) is 6.92 Å². The molecule has 3 heterocycles. The number of phenolic OH excluding ortho intramolecular Hbond substituents is 2. The van der Waals surface area contributed by atoms with Crippen LogP contribution in [0.2, 0.25) is 0 Å². The van der Waals surface area contributed by atoms with Gasteiger partial charge in [-0.2, -0.15) is 0 Å². The van der Waals surface area contributed by atoms with E-state index in [1.165, 1.54) is 19.1 Å². The fourth-order valence-electron chi connectivity index (χ4n) is 3.76. The molecule has 1 fully saturated rings. The summed E-state index contributed by atoms with van der Waals surface area (Å²) in [5.74, 6) is -1.25. The Bertz CT molecular complexity index is 1170. The molecule has 9 nitrogen and oxygen atoms in total. The number of aromatic hydroxyl groups is 2. The van der Waals surface area contributed by atoms with E-state index in [2.05, 4.69) is 0 Å². The first-order valence-electron chi connectivity index (χ1n) is 9.68. The number of rotatable bonds is 4. The van der Waals surface area contributed by atoms with Crippen molar-refractivity contribution in [3.05, 3.63) is 28.3 Å². The average Bonchev–Trinajstić information content (AvgIpc) is 3.02. The number of carbonyl (C=O) groups is 1. The molecule has 1 aliphatic rings. The van der Waals surface area contributed by atoms with E-state index in [1.807, 2.05) is 6.92 Å². The Labute approximate surface area is 170 Å². The van der Waals surface area contributed by atoms with E-state index < -0.39 is 35.5 Å². The highest BCUT2D eigenvalue weighted by Gasteiger charge is 2.34. The topological polar surface area (TPSA) is 129 Å². The second-order valence-electron chi connectivity index (χ2n) is 7.35. The third kappa shape index (κ3) is 3.56. The lowest BCUT2D eigenvalue weighted by Gasteiger charge is -2.34. The monoisotopic (exact) mass is 418 g/mol. The summed E-state index contributed by atoms with van der Waals surface area (Å²) in [7, 11) is 0.